The van der Waals surface area contributed by atoms with Crippen molar-refractivity contribution in [3.05, 3.63) is 38.4 Å². The second-order valence-electron chi connectivity index (χ2n) is 7.44. The Morgan fingerprint density at radius 1 is 1.32 bits per heavy atom. The maximum absolute atomic E-state index is 12.4. The molecule has 0 fully saturated rings. The Kier molecular flexibility index (Phi) is 5.02. The molecule has 1 aliphatic rings. The standard InChI is InChI=1S/C19H23NO3S2/c1-19(2,3)11-7-8-12-14(10-11)25-17(15(12)18(22)23-4)20-16(21)13-6-5-9-24-13/h5-6,9,11H,7-8,10H2,1-4H3,(H,20,21)/t11-/m0/s1. The first-order valence-corrected chi connectivity index (χ1v) is 10.1. The van der Waals surface area contributed by atoms with Crippen molar-refractivity contribution in [2.24, 2.45) is 11.3 Å². The van der Waals surface area contributed by atoms with E-state index in [4.69, 9.17) is 4.74 Å². The number of nitrogens with one attached hydrogen (secondary N) is 1. The average Bonchev–Trinajstić information content (AvgIpc) is 3.20. The van der Waals surface area contributed by atoms with Crippen molar-refractivity contribution in [2.75, 3.05) is 12.4 Å². The van der Waals surface area contributed by atoms with Crippen LogP contribution < -0.4 is 5.32 Å². The minimum atomic E-state index is -0.367. The number of hydrogen-bond acceptors (Lipinski definition) is 5. The van der Waals surface area contributed by atoms with E-state index in [2.05, 4.69) is 26.1 Å². The number of fused-ring (bicyclic) bond motifs is 1. The molecule has 3 rings (SSSR count). The number of carbonyl (C=O) groups excluding carboxylic acids is 2. The summed E-state index contributed by atoms with van der Waals surface area (Å²) in [6, 6.07) is 3.62. The Morgan fingerprint density at radius 2 is 2.08 bits per heavy atom. The number of thiophene rings is 2. The largest absolute Gasteiger partial charge is 0.465 e. The topological polar surface area (TPSA) is 55.4 Å². The van der Waals surface area contributed by atoms with Gasteiger partial charge in [-0.2, -0.15) is 0 Å². The SMILES string of the molecule is COC(=O)c1c(NC(=O)c2cccs2)sc2c1CC[C@H](C(C)(C)C)C2. The molecule has 0 unspecified atom stereocenters. The molecule has 1 atom stereocenters. The van der Waals surface area contributed by atoms with Crippen LogP contribution in [0.3, 0.4) is 0 Å². The lowest BCUT2D eigenvalue weighted by atomic mass is 9.72. The maximum atomic E-state index is 12.4. The molecular formula is C19H23NO3S2. The Labute approximate surface area is 156 Å². The van der Waals surface area contributed by atoms with E-state index in [-0.39, 0.29) is 17.3 Å². The van der Waals surface area contributed by atoms with E-state index in [9.17, 15) is 9.59 Å². The predicted molar refractivity (Wildman–Crippen MR) is 103 cm³/mol. The number of carbonyl (C=O) groups is 2. The van der Waals surface area contributed by atoms with Crippen molar-refractivity contribution in [1.82, 2.24) is 0 Å². The maximum Gasteiger partial charge on any atom is 0.341 e. The Balaban J connectivity index is 1.94. The van der Waals surface area contributed by atoms with Crippen LogP contribution in [0.1, 0.15) is 57.7 Å². The molecule has 25 heavy (non-hydrogen) atoms. The molecule has 1 aliphatic carbocycles. The van der Waals surface area contributed by atoms with Gasteiger partial charge in [-0.3, -0.25) is 4.79 Å². The van der Waals surface area contributed by atoms with Gasteiger partial charge in [0.15, 0.2) is 0 Å². The van der Waals surface area contributed by atoms with Gasteiger partial charge in [-0.1, -0.05) is 26.8 Å². The number of esters is 1. The highest BCUT2D eigenvalue weighted by Crippen LogP contribution is 2.44. The minimum Gasteiger partial charge on any atom is -0.465 e. The Morgan fingerprint density at radius 3 is 2.68 bits per heavy atom. The molecule has 134 valence electrons. The fraction of sp³-hybridized carbons (Fsp3) is 0.474. The highest BCUT2D eigenvalue weighted by atomic mass is 32.1. The van der Waals surface area contributed by atoms with Crippen molar-refractivity contribution in [3.63, 3.8) is 0 Å². The second-order valence-corrected chi connectivity index (χ2v) is 9.49. The van der Waals surface area contributed by atoms with E-state index >= 15 is 0 Å². The summed E-state index contributed by atoms with van der Waals surface area (Å²) in [5.74, 6) is 0.0318. The molecule has 0 aromatic carbocycles. The van der Waals surface area contributed by atoms with E-state index in [1.54, 1.807) is 6.07 Å². The van der Waals surface area contributed by atoms with Crippen molar-refractivity contribution >= 4 is 39.6 Å². The van der Waals surface area contributed by atoms with Crippen LogP contribution in [0.15, 0.2) is 17.5 Å². The van der Waals surface area contributed by atoms with Crippen LogP contribution in [0.2, 0.25) is 0 Å². The molecule has 2 heterocycles. The summed E-state index contributed by atoms with van der Waals surface area (Å²) < 4.78 is 4.99. The molecule has 4 nitrogen and oxygen atoms in total. The van der Waals surface area contributed by atoms with Crippen LogP contribution in [0, 0.1) is 11.3 Å². The van der Waals surface area contributed by atoms with Gasteiger partial charge in [0.25, 0.3) is 5.91 Å². The second kappa shape index (κ2) is 6.92. The number of ether oxygens (including phenoxy) is 1. The fourth-order valence-corrected chi connectivity index (χ4v) is 5.23. The molecule has 0 spiro atoms. The van der Waals surface area contributed by atoms with Crippen LogP contribution in [0.4, 0.5) is 5.00 Å². The van der Waals surface area contributed by atoms with Crippen LogP contribution in [0.25, 0.3) is 0 Å². The van der Waals surface area contributed by atoms with Gasteiger partial charge >= 0.3 is 5.97 Å². The van der Waals surface area contributed by atoms with Crippen molar-refractivity contribution in [1.29, 1.82) is 0 Å². The third-order valence-electron chi connectivity index (χ3n) is 4.85. The molecule has 0 radical (unpaired) electrons. The number of amides is 1. The molecule has 2 aromatic heterocycles. The van der Waals surface area contributed by atoms with Crippen molar-refractivity contribution < 1.29 is 14.3 Å². The van der Waals surface area contributed by atoms with Crippen LogP contribution in [-0.4, -0.2) is 19.0 Å². The number of anilines is 1. The lowest BCUT2D eigenvalue weighted by Gasteiger charge is -2.33. The van der Waals surface area contributed by atoms with Crippen LogP contribution >= 0.6 is 22.7 Å². The van der Waals surface area contributed by atoms with E-state index in [1.165, 1.54) is 34.7 Å². The zero-order valence-corrected chi connectivity index (χ0v) is 16.6. The molecule has 0 saturated heterocycles. The summed E-state index contributed by atoms with van der Waals surface area (Å²) in [5, 5.41) is 5.41. The Hall–Kier alpha value is -1.66. The first-order valence-electron chi connectivity index (χ1n) is 8.39. The van der Waals surface area contributed by atoms with Gasteiger partial charge < -0.3 is 10.1 Å². The number of methoxy groups -OCH3 is 1. The lowest BCUT2D eigenvalue weighted by molar-refractivity contribution is 0.0600. The van der Waals surface area contributed by atoms with Crippen LogP contribution in [-0.2, 0) is 17.6 Å². The minimum absolute atomic E-state index is 0.175. The zero-order valence-electron chi connectivity index (χ0n) is 15.0. The van der Waals surface area contributed by atoms with Gasteiger partial charge in [-0.05, 0) is 47.6 Å². The quantitative estimate of drug-likeness (QED) is 0.766. The summed E-state index contributed by atoms with van der Waals surface area (Å²) in [7, 11) is 1.39. The third kappa shape index (κ3) is 3.65. The van der Waals surface area contributed by atoms with E-state index < -0.39 is 0 Å². The first-order chi connectivity index (χ1) is 11.8. The smallest absolute Gasteiger partial charge is 0.341 e. The molecule has 1 amide bonds. The van der Waals surface area contributed by atoms with Crippen molar-refractivity contribution in [2.45, 2.75) is 40.0 Å². The average molecular weight is 378 g/mol. The molecule has 0 aliphatic heterocycles. The van der Waals surface area contributed by atoms with Crippen molar-refractivity contribution in [3.8, 4) is 0 Å². The molecular weight excluding hydrogens is 354 g/mol. The molecule has 0 saturated carbocycles. The summed E-state index contributed by atoms with van der Waals surface area (Å²) >= 11 is 2.91. The molecule has 1 N–H and O–H groups in total. The van der Waals surface area contributed by atoms with E-state index in [0.29, 0.717) is 21.4 Å². The van der Waals surface area contributed by atoms with Gasteiger partial charge in [0.2, 0.25) is 0 Å². The van der Waals surface area contributed by atoms with E-state index in [1.807, 2.05) is 11.4 Å². The lowest BCUT2D eigenvalue weighted by Crippen LogP contribution is -2.26. The summed E-state index contributed by atoms with van der Waals surface area (Å²) in [4.78, 5) is 26.6. The number of rotatable bonds is 3. The normalized spacial score (nSPS) is 17.0. The monoisotopic (exact) mass is 377 g/mol. The predicted octanol–water partition coefficient (Wildman–Crippen LogP) is 5.00. The molecule has 2 aromatic rings. The summed E-state index contributed by atoms with van der Waals surface area (Å²) in [5.41, 5.74) is 1.83. The van der Waals surface area contributed by atoms with Gasteiger partial charge in [-0.25, -0.2) is 4.79 Å². The Bertz CT molecular complexity index is 784. The first kappa shape index (κ1) is 18.1. The number of hydrogen-bond donors (Lipinski definition) is 1. The molecule has 6 heteroatoms. The van der Waals surface area contributed by atoms with E-state index in [0.717, 1.165) is 24.8 Å². The van der Waals surface area contributed by atoms with Gasteiger partial charge in [0.1, 0.15) is 5.00 Å². The summed E-state index contributed by atoms with van der Waals surface area (Å²) in [6.45, 7) is 6.78. The third-order valence-corrected chi connectivity index (χ3v) is 6.89. The fourth-order valence-electron chi connectivity index (χ4n) is 3.30. The summed E-state index contributed by atoms with van der Waals surface area (Å²) in [6.07, 6.45) is 2.85. The van der Waals surface area contributed by atoms with Crippen LogP contribution in [0.5, 0.6) is 0 Å². The van der Waals surface area contributed by atoms with Gasteiger partial charge in [-0.15, -0.1) is 22.7 Å². The zero-order chi connectivity index (χ0) is 18.2. The van der Waals surface area contributed by atoms with Gasteiger partial charge in [0, 0.05) is 4.88 Å². The highest BCUT2D eigenvalue weighted by Gasteiger charge is 2.34. The highest BCUT2D eigenvalue weighted by molar-refractivity contribution is 7.17. The van der Waals surface area contributed by atoms with Gasteiger partial charge in [0.05, 0.1) is 17.6 Å². The molecule has 0 bridgehead atoms.